The third-order valence-corrected chi connectivity index (χ3v) is 6.64. The van der Waals surface area contributed by atoms with E-state index in [2.05, 4.69) is 25.7 Å². The summed E-state index contributed by atoms with van der Waals surface area (Å²) in [6.45, 7) is 2.83. The fourth-order valence-electron chi connectivity index (χ4n) is 3.35. The molecule has 0 radical (unpaired) electrons. The van der Waals surface area contributed by atoms with Crippen molar-refractivity contribution in [3.63, 3.8) is 0 Å². The van der Waals surface area contributed by atoms with Gasteiger partial charge in [0.05, 0.1) is 19.8 Å². The number of carboxylic acid groups (broad SMARTS) is 1. The van der Waals surface area contributed by atoms with Gasteiger partial charge in [-0.05, 0) is 26.0 Å². The number of carbonyl (C=O) groups excluding carboxylic acids is 1. The zero-order valence-corrected chi connectivity index (χ0v) is 22.9. The lowest BCUT2D eigenvalue weighted by atomic mass is 9.96. The van der Waals surface area contributed by atoms with Gasteiger partial charge < -0.3 is 35.2 Å². The molecular weight excluding hydrogens is 573 g/mol. The smallest absolute Gasteiger partial charge is 0.391 e. The molecule has 1 aromatic carbocycles. The molecular formula is C22H30N5O13P. The van der Waals surface area contributed by atoms with Gasteiger partial charge in [-0.15, -0.1) is 29.7 Å². The molecule has 5 N–H and O–H groups in total. The highest BCUT2D eigenvalue weighted by Gasteiger charge is 2.58. The van der Waals surface area contributed by atoms with E-state index >= 15 is 0 Å². The average molecular weight is 603 g/mol. The summed E-state index contributed by atoms with van der Waals surface area (Å²) in [5, 5.41) is 57.4. The molecule has 2 heterocycles. The molecule has 18 nitrogen and oxygen atoms in total. The van der Waals surface area contributed by atoms with E-state index in [9.17, 15) is 34.6 Å². The van der Waals surface area contributed by atoms with Crippen molar-refractivity contribution >= 4 is 25.2 Å². The number of aliphatic hydroxyl groups is 3. The Hall–Kier alpha value is -3.19. The Labute approximate surface area is 232 Å². The molecule has 19 heteroatoms. The fourth-order valence-corrected chi connectivity index (χ4v) is 4.48. The number of hydrogen-bond acceptors (Lipinski definition) is 16. The van der Waals surface area contributed by atoms with Crippen LogP contribution in [0, 0.1) is 0 Å². The standard InChI is InChI=1S/C22H30N5O13P/c1-3-36-39-41(34,40-37-4-2)12-17-26-24-16(25-27-17)8-9-18(29)23-13-6-5-7-14(10-13)38-22(21(32)33)20(31)19(30)15(28)11-35-22/h5-7,10,15,19-20,28,30-31H,3-4,8-9,11-12H2,1-2H3,(H,23,29)(H,32,33). The summed E-state index contributed by atoms with van der Waals surface area (Å²) in [6.07, 6.45) is -5.96. The summed E-state index contributed by atoms with van der Waals surface area (Å²) in [5.41, 5.74) is 0.214. The van der Waals surface area contributed by atoms with Crippen LogP contribution in [-0.4, -0.2) is 96.6 Å². The Balaban J connectivity index is 1.57. The van der Waals surface area contributed by atoms with Gasteiger partial charge in [-0.1, -0.05) is 6.07 Å². The van der Waals surface area contributed by atoms with Crippen LogP contribution in [-0.2, 0) is 50.6 Å². The van der Waals surface area contributed by atoms with Gasteiger partial charge >= 0.3 is 19.4 Å². The first kappa shape index (κ1) is 32.3. The number of amides is 1. The minimum Gasteiger partial charge on any atom is -0.476 e. The molecule has 3 rings (SSSR count). The molecule has 41 heavy (non-hydrogen) atoms. The maximum atomic E-state index is 12.6. The molecule has 0 spiro atoms. The van der Waals surface area contributed by atoms with Crippen molar-refractivity contribution in [3.05, 3.63) is 35.9 Å². The molecule has 226 valence electrons. The first-order chi connectivity index (χ1) is 19.5. The van der Waals surface area contributed by atoms with Crippen LogP contribution in [0.3, 0.4) is 0 Å². The van der Waals surface area contributed by atoms with E-state index in [4.69, 9.17) is 28.6 Å². The van der Waals surface area contributed by atoms with Gasteiger partial charge in [0.2, 0.25) is 5.91 Å². The Morgan fingerprint density at radius 3 is 2.32 bits per heavy atom. The van der Waals surface area contributed by atoms with Crippen molar-refractivity contribution in [2.75, 3.05) is 25.1 Å². The number of aromatic nitrogens is 4. The average Bonchev–Trinajstić information content (AvgIpc) is 2.95. The van der Waals surface area contributed by atoms with Crippen molar-refractivity contribution < 1.29 is 63.2 Å². The maximum Gasteiger partial charge on any atom is 0.391 e. The Morgan fingerprint density at radius 2 is 1.71 bits per heavy atom. The number of nitrogens with one attached hydrogen (secondary N) is 1. The van der Waals surface area contributed by atoms with E-state index in [1.165, 1.54) is 24.3 Å². The third kappa shape index (κ3) is 8.65. The highest BCUT2D eigenvalue weighted by molar-refractivity contribution is 7.52. The summed E-state index contributed by atoms with van der Waals surface area (Å²) in [4.78, 5) is 33.7. The number of rotatable bonds is 15. The van der Waals surface area contributed by atoms with Gasteiger partial charge in [0.25, 0.3) is 0 Å². The van der Waals surface area contributed by atoms with Gasteiger partial charge in [-0.3, -0.25) is 9.36 Å². The van der Waals surface area contributed by atoms with E-state index in [0.717, 1.165) is 0 Å². The monoisotopic (exact) mass is 603 g/mol. The Bertz CT molecular complexity index is 1210. The number of aliphatic carboxylic acids is 1. The van der Waals surface area contributed by atoms with Crippen LogP contribution in [0.4, 0.5) is 5.69 Å². The minimum atomic E-state index is -3.90. The SMILES string of the molecule is CCOOP(=O)(Cc1nnc(CCC(=O)Nc2cccc(OC3(C(=O)O)OCC(O)C(O)C3O)c2)nn1)OOCC. The molecule has 4 unspecified atom stereocenters. The number of ether oxygens (including phenoxy) is 2. The number of carbonyl (C=O) groups is 2. The highest BCUT2D eigenvalue weighted by Crippen LogP contribution is 2.51. The molecule has 1 aliphatic heterocycles. The van der Waals surface area contributed by atoms with Crippen molar-refractivity contribution in [1.29, 1.82) is 0 Å². The quantitative estimate of drug-likeness (QED) is 0.0998. The summed E-state index contributed by atoms with van der Waals surface area (Å²) in [5.74, 6) is -4.98. The lowest BCUT2D eigenvalue weighted by Crippen LogP contribution is -2.67. The van der Waals surface area contributed by atoms with Crippen LogP contribution in [0.2, 0.25) is 0 Å². The zero-order chi connectivity index (χ0) is 30.0. The molecule has 1 aliphatic rings. The molecule has 1 amide bonds. The predicted molar refractivity (Wildman–Crippen MR) is 133 cm³/mol. The number of anilines is 1. The number of carboxylic acids is 1. The highest BCUT2D eigenvalue weighted by atomic mass is 31.2. The normalized spacial score (nSPS) is 22.7. The molecule has 0 bridgehead atoms. The van der Waals surface area contributed by atoms with E-state index < -0.39 is 56.3 Å². The number of benzene rings is 1. The molecule has 1 aromatic heterocycles. The minimum absolute atomic E-state index is 0.0349. The maximum absolute atomic E-state index is 12.6. The van der Waals surface area contributed by atoms with Crippen LogP contribution >= 0.6 is 7.60 Å². The zero-order valence-electron chi connectivity index (χ0n) is 22.0. The molecule has 4 atom stereocenters. The van der Waals surface area contributed by atoms with Crippen LogP contribution in [0.5, 0.6) is 5.75 Å². The van der Waals surface area contributed by atoms with Gasteiger partial charge in [0.1, 0.15) is 24.1 Å². The first-order valence-corrected chi connectivity index (χ1v) is 14.0. The topological polar surface area (TPSA) is 251 Å². The van der Waals surface area contributed by atoms with Crippen LogP contribution < -0.4 is 10.1 Å². The van der Waals surface area contributed by atoms with Crippen LogP contribution in [0.25, 0.3) is 0 Å². The van der Waals surface area contributed by atoms with Crippen molar-refractivity contribution in [3.8, 4) is 5.75 Å². The number of hydrogen-bond donors (Lipinski definition) is 5. The predicted octanol–water partition coefficient (Wildman–Crippen LogP) is -0.260. The number of aliphatic hydroxyl groups excluding tert-OH is 3. The largest absolute Gasteiger partial charge is 0.476 e. The van der Waals surface area contributed by atoms with Gasteiger partial charge in [-0.25, -0.2) is 14.6 Å². The van der Waals surface area contributed by atoms with Gasteiger partial charge in [0.15, 0.2) is 17.8 Å². The molecule has 1 fully saturated rings. The second-order valence-electron chi connectivity index (χ2n) is 8.43. The van der Waals surface area contributed by atoms with Crippen LogP contribution in [0.1, 0.15) is 31.9 Å². The first-order valence-electron chi connectivity index (χ1n) is 12.3. The summed E-state index contributed by atoms with van der Waals surface area (Å²) >= 11 is 0. The van der Waals surface area contributed by atoms with Crippen molar-refractivity contribution in [1.82, 2.24) is 20.4 Å². The van der Waals surface area contributed by atoms with Gasteiger partial charge in [-0.2, -0.15) is 0 Å². The van der Waals surface area contributed by atoms with E-state index in [0.29, 0.717) is 0 Å². The molecule has 0 aliphatic carbocycles. The second kappa shape index (κ2) is 14.6. The number of aryl methyl sites for hydroxylation is 1. The third-order valence-electron chi connectivity index (χ3n) is 5.30. The van der Waals surface area contributed by atoms with Crippen molar-refractivity contribution in [2.45, 2.75) is 57.0 Å². The lowest BCUT2D eigenvalue weighted by molar-refractivity contribution is -0.300. The fraction of sp³-hybridized carbons (Fsp3) is 0.545. The van der Waals surface area contributed by atoms with E-state index in [1.807, 2.05) is 0 Å². The Morgan fingerprint density at radius 1 is 1.07 bits per heavy atom. The van der Waals surface area contributed by atoms with E-state index in [-0.39, 0.29) is 49.1 Å². The van der Waals surface area contributed by atoms with E-state index in [1.54, 1.807) is 13.8 Å². The Kier molecular flexibility index (Phi) is 11.5. The lowest BCUT2D eigenvalue weighted by Gasteiger charge is -2.41. The summed E-state index contributed by atoms with van der Waals surface area (Å²) in [7, 11) is -3.90. The van der Waals surface area contributed by atoms with Crippen molar-refractivity contribution in [2.24, 2.45) is 0 Å². The molecule has 1 saturated heterocycles. The molecule has 2 aromatic rings. The summed E-state index contributed by atoms with van der Waals surface area (Å²) in [6, 6.07) is 5.56. The molecule has 0 saturated carbocycles. The summed E-state index contributed by atoms with van der Waals surface area (Å²) < 4.78 is 32.6. The van der Waals surface area contributed by atoms with Gasteiger partial charge in [0, 0.05) is 24.6 Å². The second-order valence-corrected chi connectivity index (χ2v) is 10.3. The number of nitrogens with zero attached hydrogens (tertiary/aromatic N) is 4. The van der Waals surface area contributed by atoms with Crippen LogP contribution in [0.15, 0.2) is 24.3 Å².